The molecule has 0 rings (SSSR count). The molecule has 0 aliphatic heterocycles. The van der Waals surface area contributed by atoms with E-state index in [4.69, 9.17) is 0 Å². The Bertz CT molecular complexity index is 226. The summed E-state index contributed by atoms with van der Waals surface area (Å²) in [5, 5.41) is 0. The average molecular weight is 192 g/mol. The van der Waals surface area contributed by atoms with E-state index in [1.807, 2.05) is 13.0 Å². The van der Waals surface area contributed by atoms with Crippen LogP contribution in [0.15, 0.2) is 29.5 Å². The topological polar surface area (TPSA) is 0 Å². The number of rotatable bonds is 5. The molecule has 0 radical (unpaired) electrons. The van der Waals surface area contributed by atoms with E-state index in [2.05, 4.69) is 45.6 Å². The lowest BCUT2D eigenvalue weighted by atomic mass is 9.91. The summed E-state index contributed by atoms with van der Waals surface area (Å²) in [6.07, 6.45) is 8.73. The normalized spacial score (nSPS) is 15.6. The highest BCUT2D eigenvalue weighted by Crippen LogP contribution is 2.18. The summed E-state index contributed by atoms with van der Waals surface area (Å²) < 4.78 is 0. The van der Waals surface area contributed by atoms with Gasteiger partial charge in [0.15, 0.2) is 0 Å². The van der Waals surface area contributed by atoms with Gasteiger partial charge in [-0.25, -0.2) is 0 Å². The second kappa shape index (κ2) is 7.64. The minimum Gasteiger partial charge on any atom is -0.130 e. The number of allylic oxidation sites excluding steroid dienone is 3. The van der Waals surface area contributed by atoms with Crippen molar-refractivity contribution >= 4 is 0 Å². The SMILES string of the molecule is CC=C=CCC(C)=CC(C)C(C)CC. The second-order valence-corrected chi connectivity index (χ2v) is 4.12. The molecule has 14 heavy (non-hydrogen) atoms. The molecule has 0 aromatic carbocycles. The van der Waals surface area contributed by atoms with E-state index in [1.165, 1.54) is 12.0 Å². The largest absolute Gasteiger partial charge is 0.130 e. The first kappa shape index (κ1) is 13.3. The predicted molar refractivity (Wildman–Crippen MR) is 65.3 cm³/mol. The first-order chi connectivity index (χ1) is 6.61. The molecular formula is C14H24. The highest BCUT2D eigenvalue weighted by atomic mass is 14.1. The maximum absolute atomic E-state index is 3.10. The van der Waals surface area contributed by atoms with Gasteiger partial charge >= 0.3 is 0 Å². The van der Waals surface area contributed by atoms with Crippen molar-refractivity contribution in [1.29, 1.82) is 0 Å². The van der Waals surface area contributed by atoms with E-state index in [0.29, 0.717) is 5.92 Å². The van der Waals surface area contributed by atoms with Crippen LogP contribution in [0.2, 0.25) is 0 Å². The Morgan fingerprint density at radius 3 is 2.50 bits per heavy atom. The monoisotopic (exact) mass is 192 g/mol. The molecule has 0 fully saturated rings. The van der Waals surface area contributed by atoms with Crippen LogP contribution in [-0.2, 0) is 0 Å². The third kappa shape index (κ3) is 5.83. The fourth-order valence-corrected chi connectivity index (χ4v) is 1.39. The molecule has 0 aromatic rings. The van der Waals surface area contributed by atoms with Gasteiger partial charge in [0.25, 0.3) is 0 Å². The van der Waals surface area contributed by atoms with Gasteiger partial charge < -0.3 is 0 Å². The Hall–Kier alpha value is -0.740. The second-order valence-electron chi connectivity index (χ2n) is 4.12. The minimum atomic E-state index is 0.694. The molecule has 0 heterocycles. The van der Waals surface area contributed by atoms with Gasteiger partial charge in [-0.05, 0) is 44.3 Å². The molecule has 0 aliphatic rings. The molecule has 0 nitrogen and oxygen atoms in total. The maximum atomic E-state index is 3.10. The summed E-state index contributed by atoms with van der Waals surface area (Å²) >= 11 is 0. The van der Waals surface area contributed by atoms with Crippen molar-refractivity contribution in [2.24, 2.45) is 11.8 Å². The van der Waals surface area contributed by atoms with Gasteiger partial charge in [0.1, 0.15) is 0 Å². The molecule has 2 unspecified atom stereocenters. The van der Waals surface area contributed by atoms with E-state index in [9.17, 15) is 0 Å². The molecule has 2 atom stereocenters. The van der Waals surface area contributed by atoms with E-state index in [-0.39, 0.29) is 0 Å². The van der Waals surface area contributed by atoms with Crippen LogP contribution in [0, 0.1) is 11.8 Å². The molecular weight excluding hydrogens is 168 g/mol. The third-order valence-electron chi connectivity index (χ3n) is 2.80. The van der Waals surface area contributed by atoms with Crippen molar-refractivity contribution in [3.8, 4) is 0 Å². The lowest BCUT2D eigenvalue weighted by Gasteiger charge is -2.14. The highest BCUT2D eigenvalue weighted by Gasteiger charge is 2.06. The predicted octanol–water partition coefficient (Wildman–Crippen LogP) is 4.74. The van der Waals surface area contributed by atoms with Crippen molar-refractivity contribution < 1.29 is 0 Å². The Morgan fingerprint density at radius 1 is 1.36 bits per heavy atom. The van der Waals surface area contributed by atoms with Crippen LogP contribution in [0.3, 0.4) is 0 Å². The van der Waals surface area contributed by atoms with Crippen LogP contribution in [0.5, 0.6) is 0 Å². The fraction of sp³-hybridized carbons (Fsp3) is 0.643. The summed E-state index contributed by atoms with van der Waals surface area (Å²) in [5.74, 6) is 1.48. The molecule has 0 amide bonds. The zero-order valence-electron chi connectivity index (χ0n) is 10.3. The number of hydrogen-bond donors (Lipinski definition) is 0. The van der Waals surface area contributed by atoms with Gasteiger partial charge in [-0.2, -0.15) is 0 Å². The van der Waals surface area contributed by atoms with Gasteiger partial charge in [-0.1, -0.05) is 38.8 Å². The lowest BCUT2D eigenvalue weighted by Crippen LogP contribution is -2.03. The van der Waals surface area contributed by atoms with Crippen LogP contribution >= 0.6 is 0 Å². The Balaban J connectivity index is 4.15. The Labute approximate surface area is 89.4 Å². The number of hydrogen-bond acceptors (Lipinski definition) is 0. The van der Waals surface area contributed by atoms with E-state index in [1.54, 1.807) is 0 Å². The highest BCUT2D eigenvalue weighted by molar-refractivity contribution is 5.06. The van der Waals surface area contributed by atoms with Gasteiger partial charge in [0.2, 0.25) is 0 Å². The first-order valence-electron chi connectivity index (χ1n) is 5.64. The van der Waals surface area contributed by atoms with Gasteiger partial charge in [0.05, 0.1) is 0 Å². The fourth-order valence-electron chi connectivity index (χ4n) is 1.39. The van der Waals surface area contributed by atoms with Gasteiger partial charge in [-0.3, -0.25) is 0 Å². The van der Waals surface area contributed by atoms with Crippen LogP contribution in [0.4, 0.5) is 0 Å². The van der Waals surface area contributed by atoms with Crippen molar-refractivity contribution in [2.45, 2.75) is 47.5 Å². The zero-order valence-corrected chi connectivity index (χ0v) is 10.3. The Morgan fingerprint density at radius 2 is 2.00 bits per heavy atom. The quantitative estimate of drug-likeness (QED) is 0.436. The van der Waals surface area contributed by atoms with Crippen LogP contribution in [-0.4, -0.2) is 0 Å². The van der Waals surface area contributed by atoms with Crippen molar-refractivity contribution in [1.82, 2.24) is 0 Å². The maximum Gasteiger partial charge on any atom is -0.00654 e. The minimum absolute atomic E-state index is 0.694. The smallest absolute Gasteiger partial charge is 0.00654 e. The molecule has 0 spiro atoms. The Kier molecular flexibility index (Phi) is 7.24. The lowest BCUT2D eigenvalue weighted by molar-refractivity contribution is 0.444. The van der Waals surface area contributed by atoms with Crippen molar-refractivity contribution in [3.63, 3.8) is 0 Å². The van der Waals surface area contributed by atoms with Crippen LogP contribution < -0.4 is 0 Å². The molecule has 0 N–H and O–H groups in total. The summed E-state index contributed by atoms with van der Waals surface area (Å²) in [7, 11) is 0. The third-order valence-corrected chi connectivity index (χ3v) is 2.80. The van der Waals surface area contributed by atoms with Crippen molar-refractivity contribution in [3.05, 3.63) is 29.5 Å². The van der Waals surface area contributed by atoms with Gasteiger partial charge in [0, 0.05) is 0 Å². The molecule has 0 saturated carbocycles. The van der Waals surface area contributed by atoms with Gasteiger partial charge in [-0.15, -0.1) is 5.73 Å². The zero-order chi connectivity index (χ0) is 11.0. The molecule has 0 saturated heterocycles. The summed E-state index contributed by atoms with van der Waals surface area (Å²) in [6.45, 7) is 11.1. The van der Waals surface area contributed by atoms with E-state index in [0.717, 1.165) is 12.3 Å². The van der Waals surface area contributed by atoms with Crippen LogP contribution in [0.25, 0.3) is 0 Å². The summed E-state index contributed by atoms with van der Waals surface area (Å²) in [6, 6.07) is 0. The van der Waals surface area contributed by atoms with E-state index < -0.39 is 0 Å². The summed E-state index contributed by atoms with van der Waals surface area (Å²) in [5.41, 5.74) is 4.56. The summed E-state index contributed by atoms with van der Waals surface area (Å²) in [4.78, 5) is 0. The molecule has 0 bridgehead atoms. The molecule has 0 aliphatic carbocycles. The van der Waals surface area contributed by atoms with Crippen molar-refractivity contribution in [2.75, 3.05) is 0 Å². The molecule has 0 heteroatoms. The van der Waals surface area contributed by atoms with E-state index >= 15 is 0 Å². The standard InChI is InChI=1S/C14H24/c1-6-8-9-10-12(3)11-14(5)13(4)7-2/h6,9,11,13-14H,7,10H2,1-5H3. The first-order valence-corrected chi connectivity index (χ1v) is 5.64. The van der Waals surface area contributed by atoms with Crippen LogP contribution in [0.1, 0.15) is 47.5 Å². The molecule has 0 aromatic heterocycles. The average Bonchev–Trinajstić information content (AvgIpc) is 2.16. The molecule has 80 valence electrons.